The lowest BCUT2D eigenvalue weighted by atomic mass is 9.99. The third kappa shape index (κ3) is 2.34. The minimum atomic E-state index is -0.403. The molecule has 0 aliphatic heterocycles. The second-order valence-electron chi connectivity index (χ2n) is 6.41. The molecule has 0 spiro atoms. The molecule has 0 saturated heterocycles. The summed E-state index contributed by atoms with van der Waals surface area (Å²) >= 11 is 12.4. The first kappa shape index (κ1) is 14.5. The summed E-state index contributed by atoms with van der Waals surface area (Å²) in [7, 11) is 0. The summed E-state index contributed by atoms with van der Waals surface area (Å²) in [6.07, 6.45) is 5.08. The first-order valence-corrected chi connectivity index (χ1v) is 8.41. The fourth-order valence-corrected chi connectivity index (χ4v) is 3.88. The van der Waals surface area contributed by atoms with Crippen molar-refractivity contribution in [3.05, 3.63) is 45.5 Å². The minimum absolute atomic E-state index is 0.224. The normalized spacial score (nSPS) is 26.3. The summed E-state index contributed by atoms with van der Waals surface area (Å²) in [5.74, 6) is 1.86. The summed E-state index contributed by atoms with van der Waals surface area (Å²) in [6, 6.07) is 5.73. The van der Waals surface area contributed by atoms with Crippen molar-refractivity contribution in [2.75, 3.05) is 0 Å². The quantitative estimate of drug-likeness (QED) is 0.902. The maximum absolute atomic E-state index is 6.38. The highest BCUT2D eigenvalue weighted by molar-refractivity contribution is 6.42. The first-order chi connectivity index (χ1) is 10.6. The van der Waals surface area contributed by atoms with E-state index in [4.69, 9.17) is 33.5 Å². The van der Waals surface area contributed by atoms with Crippen LogP contribution in [0.1, 0.15) is 61.2 Å². The second-order valence-corrected chi connectivity index (χ2v) is 7.20. The maximum atomic E-state index is 6.38. The highest BCUT2D eigenvalue weighted by Crippen LogP contribution is 2.56. The van der Waals surface area contributed by atoms with Gasteiger partial charge < -0.3 is 10.3 Å². The molecular weight excluding hydrogens is 321 g/mol. The number of nitrogens with zero attached hydrogens (tertiary/aromatic N) is 2. The van der Waals surface area contributed by atoms with E-state index >= 15 is 0 Å². The van der Waals surface area contributed by atoms with E-state index in [1.54, 1.807) is 6.07 Å². The third-order valence-corrected chi connectivity index (χ3v) is 5.70. The number of benzene rings is 1. The highest BCUT2D eigenvalue weighted by Gasteiger charge is 2.46. The Bertz CT molecular complexity index is 709. The van der Waals surface area contributed by atoms with Crippen molar-refractivity contribution in [1.29, 1.82) is 0 Å². The van der Waals surface area contributed by atoms with Crippen molar-refractivity contribution in [2.45, 2.75) is 49.5 Å². The fraction of sp³-hybridized carbons (Fsp3) is 0.500. The number of rotatable bonds is 3. The molecular formula is C16H17Cl2N3O. The van der Waals surface area contributed by atoms with Crippen molar-refractivity contribution >= 4 is 23.2 Å². The molecule has 1 heterocycles. The third-order valence-electron chi connectivity index (χ3n) is 4.87. The fourth-order valence-electron chi connectivity index (χ4n) is 3.44. The van der Waals surface area contributed by atoms with Crippen molar-refractivity contribution < 1.29 is 4.52 Å². The van der Waals surface area contributed by atoms with Gasteiger partial charge in [-0.2, -0.15) is 4.98 Å². The van der Waals surface area contributed by atoms with Crippen LogP contribution in [-0.2, 0) is 5.54 Å². The second kappa shape index (κ2) is 5.22. The largest absolute Gasteiger partial charge is 0.339 e. The van der Waals surface area contributed by atoms with Gasteiger partial charge in [-0.1, -0.05) is 53.3 Å². The van der Waals surface area contributed by atoms with Crippen LogP contribution in [0.2, 0.25) is 10.0 Å². The molecule has 0 radical (unpaired) electrons. The van der Waals surface area contributed by atoms with Crippen LogP contribution >= 0.6 is 23.2 Å². The van der Waals surface area contributed by atoms with E-state index in [2.05, 4.69) is 10.1 Å². The van der Waals surface area contributed by atoms with E-state index in [1.165, 1.54) is 0 Å². The van der Waals surface area contributed by atoms with Crippen LogP contribution in [0.4, 0.5) is 0 Å². The van der Waals surface area contributed by atoms with Gasteiger partial charge in [0.05, 0.1) is 15.6 Å². The lowest BCUT2D eigenvalue weighted by Crippen LogP contribution is -2.34. The molecule has 1 aromatic heterocycles. The Hall–Kier alpha value is -1.10. The van der Waals surface area contributed by atoms with Crippen LogP contribution in [0.25, 0.3) is 0 Å². The van der Waals surface area contributed by atoms with E-state index in [0.717, 1.165) is 37.7 Å². The van der Waals surface area contributed by atoms with E-state index < -0.39 is 5.54 Å². The SMILES string of the molecule is NC1(c2noc(C3CC3c3cccc(Cl)c3Cl)n2)CCCC1. The molecule has 2 saturated carbocycles. The molecule has 0 amide bonds. The van der Waals surface area contributed by atoms with Crippen LogP contribution in [0.15, 0.2) is 22.7 Å². The van der Waals surface area contributed by atoms with E-state index in [0.29, 0.717) is 27.7 Å². The zero-order valence-corrected chi connectivity index (χ0v) is 13.6. The molecule has 4 rings (SSSR count). The molecule has 0 bridgehead atoms. The molecule has 2 N–H and O–H groups in total. The Morgan fingerprint density at radius 2 is 1.95 bits per heavy atom. The monoisotopic (exact) mass is 337 g/mol. The zero-order valence-electron chi connectivity index (χ0n) is 12.1. The maximum Gasteiger partial charge on any atom is 0.230 e. The van der Waals surface area contributed by atoms with Crippen LogP contribution in [0, 0.1) is 0 Å². The lowest BCUT2D eigenvalue weighted by molar-refractivity contribution is 0.348. The van der Waals surface area contributed by atoms with Crippen LogP contribution < -0.4 is 5.73 Å². The summed E-state index contributed by atoms with van der Waals surface area (Å²) in [5, 5.41) is 5.34. The molecule has 2 aliphatic carbocycles. The Morgan fingerprint density at radius 1 is 1.18 bits per heavy atom. The van der Waals surface area contributed by atoms with Gasteiger partial charge in [0, 0.05) is 5.92 Å². The molecule has 2 aromatic rings. The summed E-state index contributed by atoms with van der Waals surface area (Å²) in [6.45, 7) is 0. The Kier molecular flexibility index (Phi) is 3.44. The van der Waals surface area contributed by atoms with Crippen LogP contribution in [0.5, 0.6) is 0 Å². The van der Waals surface area contributed by atoms with Gasteiger partial charge in [-0.15, -0.1) is 0 Å². The number of hydrogen-bond acceptors (Lipinski definition) is 4. The van der Waals surface area contributed by atoms with Gasteiger partial charge in [-0.3, -0.25) is 0 Å². The predicted octanol–water partition coefficient (Wildman–Crippen LogP) is 4.38. The molecule has 22 heavy (non-hydrogen) atoms. The topological polar surface area (TPSA) is 64.9 Å². The van der Waals surface area contributed by atoms with Gasteiger partial charge in [-0.05, 0) is 36.8 Å². The average Bonchev–Trinajstić information content (AvgIpc) is 2.93. The number of halogens is 2. The molecule has 2 unspecified atom stereocenters. The molecule has 116 valence electrons. The van der Waals surface area contributed by atoms with Crippen molar-refractivity contribution in [1.82, 2.24) is 10.1 Å². The molecule has 6 heteroatoms. The van der Waals surface area contributed by atoms with Gasteiger partial charge in [-0.25, -0.2) is 0 Å². The Morgan fingerprint density at radius 3 is 2.73 bits per heavy atom. The predicted molar refractivity (Wildman–Crippen MR) is 85.2 cm³/mol. The number of aromatic nitrogens is 2. The van der Waals surface area contributed by atoms with Crippen LogP contribution in [-0.4, -0.2) is 10.1 Å². The standard InChI is InChI=1S/C16H17Cl2N3O/c17-12-5-3-4-9(13(12)18)10-8-11(10)14-20-15(21-22-14)16(19)6-1-2-7-16/h3-5,10-11H,1-2,6-8,19H2. The average molecular weight is 338 g/mol. The molecule has 2 atom stereocenters. The van der Waals surface area contributed by atoms with E-state index in [-0.39, 0.29) is 5.92 Å². The van der Waals surface area contributed by atoms with Gasteiger partial charge in [0.2, 0.25) is 5.89 Å². The Balaban J connectivity index is 1.55. The highest BCUT2D eigenvalue weighted by atomic mass is 35.5. The van der Waals surface area contributed by atoms with Gasteiger partial charge in [0.1, 0.15) is 0 Å². The van der Waals surface area contributed by atoms with E-state index in [1.807, 2.05) is 12.1 Å². The molecule has 2 fully saturated rings. The smallest absolute Gasteiger partial charge is 0.230 e. The minimum Gasteiger partial charge on any atom is -0.339 e. The van der Waals surface area contributed by atoms with Crippen molar-refractivity contribution in [3.8, 4) is 0 Å². The van der Waals surface area contributed by atoms with Crippen molar-refractivity contribution in [2.24, 2.45) is 5.73 Å². The first-order valence-electron chi connectivity index (χ1n) is 7.65. The zero-order chi connectivity index (χ0) is 15.3. The van der Waals surface area contributed by atoms with Crippen molar-refractivity contribution in [3.63, 3.8) is 0 Å². The summed E-state index contributed by atoms with van der Waals surface area (Å²) in [5.41, 5.74) is 7.04. The number of nitrogens with two attached hydrogens (primary N) is 1. The van der Waals surface area contributed by atoms with Gasteiger partial charge in [0.25, 0.3) is 0 Å². The molecule has 1 aromatic carbocycles. The Labute approximate surface area is 139 Å². The molecule has 2 aliphatic rings. The number of hydrogen-bond donors (Lipinski definition) is 1. The van der Waals surface area contributed by atoms with Gasteiger partial charge in [0.15, 0.2) is 5.82 Å². The summed E-state index contributed by atoms with van der Waals surface area (Å²) < 4.78 is 5.47. The summed E-state index contributed by atoms with van der Waals surface area (Å²) in [4.78, 5) is 4.58. The molecule has 4 nitrogen and oxygen atoms in total. The van der Waals surface area contributed by atoms with Crippen LogP contribution in [0.3, 0.4) is 0 Å². The lowest BCUT2D eigenvalue weighted by Gasteiger charge is -2.17. The van der Waals surface area contributed by atoms with Gasteiger partial charge >= 0.3 is 0 Å². The van der Waals surface area contributed by atoms with E-state index in [9.17, 15) is 0 Å².